The molecule has 144 valence electrons. The van der Waals surface area contributed by atoms with Crippen molar-refractivity contribution in [3.05, 3.63) is 51.0 Å². The van der Waals surface area contributed by atoms with Crippen molar-refractivity contribution < 1.29 is 4.79 Å². The molecular formula is C23H30N2OS. The first kappa shape index (κ1) is 18.7. The number of hydrogen-bond donors (Lipinski definition) is 1. The third kappa shape index (κ3) is 3.82. The SMILES string of the molecule is CC(C)(C)c1ccc(C2(C(=O)NCCc3nc4c(s3)CCCC4)CC2)cc1. The molecule has 0 aliphatic heterocycles. The molecule has 0 saturated heterocycles. The largest absolute Gasteiger partial charge is 0.355 e. The summed E-state index contributed by atoms with van der Waals surface area (Å²) in [6, 6.07) is 8.68. The number of rotatable bonds is 5. The van der Waals surface area contributed by atoms with Gasteiger partial charge in [-0.15, -0.1) is 11.3 Å². The number of thiazole rings is 1. The number of nitrogens with zero attached hydrogens (tertiary/aromatic N) is 1. The Morgan fingerprint density at radius 3 is 2.48 bits per heavy atom. The highest BCUT2D eigenvalue weighted by atomic mass is 32.1. The number of fused-ring (bicyclic) bond motifs is 1. The van der Waals surface area contributed by atoms with Gasteiger partial charge in [0.2, 0.25) is 5.91 Å². The average Bonchev–Trinajstić information content (AvgIpc) is 3.35. The topological polar surface area (TPSA) is 42.0 Å². The van der Waals surface area contributed by atoms with Gasteiger partial charge in [0.05, 0.1) is 16.1 Å². The maximum atomic E-state index is 12.9. The molecule has 1 aromatic heterocycles. The smallest absolute Gasteiger partial charge is 0.230 e. The number of amides is 1. The highest BCUT2D eigenvalue weighted by Gasteiger charge is 2.51. The van der Waals surface area contributed by atoms with Gasteiger partial charge in [0, 0.05) is 17.8 Å². The first-order valence-electron chi connectivity index (χ1n) is 10.3. The standard InChI is InChI=1S/C23H30N2OS/c1-22(2,3)16-8-10-17(11-9-16)23(13-14-23)21(26)24-15-12-20-25-18-6-4-5-7-19(18)27-20/h8-11H,4-7,12-15H2,1-3H3,(H,24,26). The van der Waals surface area contributed by atoms with E-state index >= 15 is 0 Å². The summed E-state index contributed by atoms with van der Waals surface area (Å²) in [6.07, 6.45) is 7.64. The number of carbonyl (C=O) groups excluding carboxylic acids is 1. The normalized spacial score (nSPS) is 18.0. The van der Waals surface area contributed by atoms with Crippen LogP contribution in [0.2, 0.25) is 0 Å². The van der Waals surface area contributed by atoms with Crippen LogP contribution in [0.25, 0.3) is 0 Å². The molecule has 1 heterocycles. The Labute approximate surface area is 166 Å². The molecule has 4 rings (SSSR count). The van der Waals surface area contributed by atoms with Crippen molar-refractivity contribution in [3.8, 4) is 0 Å². The molecule has 0 atom stereocenters. The average molecular weight is 383 g/mol. The van der Waals surface area contributed by atoms with Crippen LogP contribution in [0.4, 0.5) is 0 Å². The van der Waals surface area contributed by atoms with E-state index in [1.165, 1.54) is 40.4 Å². The zero-order chi connectivity index (χ0) is 19.1. The van der Waals surface area contributed by atoms with Gasteiger partial charge in [-0.2, -0.15) is 0 Å². The van der Waals surface area contributed by atoms with Crippen LogP contribution >= 0.6 is 11.3 Å². The van der Waals surface area contributed by atoms with Crippen molar-refractivity contribution in [2.75, 3.05) is 6.54 Å². The Bertz CT molecular complexity index is 802. The van der Waals surface area contributed by atoms with Crippen molar-refractivity contribution in [2.45, 2.75) is 76.5 Å². The molecule has 4 heteroatoms. The van der Waals surface area contributed by atoms with E-state index in [4.69, 9.17) is 4.98 Å². The van der Waals surface area contributed by atoms with Crippen molar-refractivity contribution in [1.29, 1.82) is 0 Å². The molecule has 0 unspecified atom stereocenters. The van der Waals surface area contributed by atoms with E-state index in [9.17, 15) is 4.79 Å². The predicted octanol–water partition coefficient (Wildman–Crippen LogP) is 4.71. The van der Waals surface area contributed by atoms with Crippen molar-refractivity contribution in [3.63, 3.8) is 0 Å². The molecule has 2 aliphatic carbocycles. The zero-order valence-corrected chi connectivity index (χ0v) is 17.5. The van der Waals surface area contributed by atoms with Gasteiger partial charge >= 0.3 is 0 Å². The second kappa shape index (κ2) is 7.05. The van der Waals surface area contributed by atoms with Crippen LogP contribution in [0.3, 0.4) is 0 Å². The Balaban J connectivity index is 1.36. The summed E-state index contributed by atoms with van der Waals surface area (Å²) in [6.45, 7) is 7.35. The summed E-state index contributed by atoms with van der Waals surface area (Å²) < 4.78 is 0. The third-order valence-electron chi connectivity index (χ3n) is 6.00. The predicted molar refractivity (Wildman–Crippen MR) is 112 cm³/mol. The van der Waals surface area contributed by atoms with E-state index in [-0.39, 0.29) is 16.7 Å². The molecule has 1 aromatic carbocycles. The van der Waals surface area contributed by atoms with Gasteiger partial charge in [0.25, 0.3) is 0 Å². The molecule has 0 radical (unpaired) electrons. The molecular weight excluding hydrogens is 352 g/mol. The summed E-state index contributed by atoms with van der Waals surface area (Å²) in [7, 11) is 0. The molecule has 0 spiro atoms. The van der Waals surface area contributed by atoms with Crippen LogP contribution in [0.15, 0.2) is 24.3 Å². The fourth-order valence-corrected chi connectivity index (χ4v) is 5.18. The summed E-state index contributed by atoms with van der Waals surface area (Å²) in [5.74, 6) is 0.187. The number of benzene rings is 1. The van der Waals surface area contributed by atoms with Gasteiger partial charge in [-0.25, -0.2) is 4.98 Å². The molecule has 1 amide bonds. The number of aromatic nitrogens is 1. The number of carbonyl (C=O) groups is 1. The van der Waals surface area contributed by atoms with Gasteiger partial charge < -0.3 is 5.32 Å². The lowest BCUT2D eigenvalue weighted by Gasteiger charge is -2.21. The quantitative estimate of drug-likeness (QED) is 0.814. The third-order valence-corrected chi connectivity index (χ3v) is 7.22. The fourth-order valence-electron chi connectivity index (χ4n) is 4.03. The molecule has 1 saturated carbocycles. The van der Waals surface area contributed by atoms with Crippen LogP contribution in [0.5, 0.6) is 0 Å². The van der Waals surface area contributed by atoms with E-state index in [1.807, 2.05) is 11.3 Å². The molecule has 0 bridgehead atoms. The Morgan fingerprint density at radius 2 is 1.85 bits per heavy atom. The molecule has 27 heavy (non-hydrogen) atoms. The van der Waals surface area contributed by atoms with E-state index in [0.29, 0.717) is 6.54 Å². The van der Waals surface area contributed by atoms with Crippen LogP contribution in [0.1, 0.15) is 73.2 Å². The maximum absolute atomic E-state index is 12.9. The lowest BCUT2D eigenvalue weighted by molar-refractivity contribution is -0.123. The van der Waals surface area contributed by atoms with Crippen LogP contribution in [-0.2, 0) is 34.9 Å². The highest BCUT2D eigenvalue weighted by Crippen LogP contribution is 2.48. The van der Waals surface area contributed by atoms with Gasteiger partial charge in [-0.05, 0) is 55.1 Å². The maximum Gasteiger partial charge on any atom is 0.230 e. The fraction of sp³-hybridized carbons (Fsp3) is 0.565. The van der Waals surface area contributed by atoms with Crippen LogP contribution in [-0.4, -0.2) is 17.4 Å². The lowest BCUT2D eigenvalue weighted by atomic mass is 9.85. The summed E-state index contributed by atoms with van der Waals surface area (Å²) in [4.78, 5) is 19.1. The van der Waals surface area contributed by atoms with Crippen LogP contribution < -0.4 is 5.32 Å². The van der Waals surface area contributed by atoms with E-state index in [1.54, 1.807) is 0 Å². The lowest BCUT2D eigenvalue weighted by Crippen LogP contribution is -2.36. The number of nitrogens with one attached hydrogen (secondary N) is 1. The number of aryl methyl sites for hydroxylation is 2. The second-order valence-electron chi connectivity index (χ2n) is 9.10. The Hall–Kier alpha value is -1.68. The first-order valence-corrected chi connectivity index (χ1v) is 11.1. The molecule has 2 aromatic rings. The Kier molecular flexibility index (Phi) is 4.87. The first-order chi connectivity index (χ1) is 12.9. The van der Waals surface area contributed by atoms with Crippen molar-refractivity contribution in [2.24, 2.45) is 0 Å². The van der Waals surface area contributed by atoms with Crippen molar-refractivity contribution >= 4 is 17.2 Å². The number of hydrogen-bond acceptors (Lipinski definition) is 3. The molecule has 1 fully saturated rings. The minimum atomic E-state index is -0.293. The molecule has 2 aliphatic rings. The van der Waals surface area contributed by atoms with E-state index < -0.39 is 0 Å². The van der Waals surface area contributed by atoms with Gasteiger partial charge in [-0.3, -0.25) is 4.79 Å². The summed E-state index contributed by atoms with van der Waals surface area (Å²) in [5, 5.41) is 4.37. The Morgan fingerprint density at radius 1 is 1.15 bits per heavy atom. The van der Waals surface area contributed by atoms with E-state index in [2.05, 4.69) is 50.4 Å². The minimum Gasteiger partial charge on any atom is -0.355 e. The van der Waals surface area contributed by atoms with Crippen molar-refractivity contribution in [1.82, 2.24) is 10.3 Å². The van der Waals surface area contributed by atoms with Gasteiger partial charge in [0.1, 0.15) is 0 Å². The molecule has 1 N–H and O–H groups in total. The van der Waals surface area contributed by atoms with Gasteiger partial charge in [-0.1, -0.05) is 45.0 Å². The van der Waals surface area contributed by atoms with Gasteiger partial charge in [0.15, 0.2) is 0 Å². The summed E-state index contributed by atoms with van der Waals surface area (Å²) in [5.41, 5.74) is 3.64. The van der Waals surface area contributed by atoms with E-state index in [0.717, 1.165) is 31.2 Å². The summed E-state index contributed by atoms with van der Waals surface area (Å²) >= 11 is 1.85. The highest BCUT2D eigenvalue weighted by molar-refractivity contribution is 7.11. The minimum absolute atomic E-state index is 0.143. The molecule has 3 nitrogen and oxygen atoms in total. The zero-order valence-electron chi connectivity index (χ0n) is 16.7. The monoisotopic (exact) mass is 382 g/mol. The second-order valence-corrected chi connectivity index (χ2v) is 10.3. The van der Waals surface area contributed by atoms with Crippen LogP contribution in [0, 0.1) is 0 Å².